The number of hydrogen-bond acceptors (Lipinski definition) is 3. The summed E-state index contributed by atoms with van der Waals surface area (Å²) in [6.45, 7) is 3.57. The summed E-state index contributed by atoms with van der Waals surface area (Å²) < 4.78 is 26.8. The molecule has 1 unspecified atom stereocenters. The highest BCUT2D eigenvalue weighted by atomic mass is 35.5. The second kappa shape index (κ2) is 6.52. The van der Waals surface area contributed by atoms with Crippen molar-refractivity contribution in [1.82, 2.24) is 4.72 Å². The van der Waals surface area contributed by atoms with Gasteiger partial charge in [0.05, 0.1) is 5.02 Å². The largest absolute Gasteiger partial charge is 0.396 e. The zero-order chi connectivity index (χ0) is 13.8. The van der Waals surface area contributed by atoms with Gasteiger partial charge in [-0.25, -0.2) is 13.1 Å². The summed E-state index contributed by atoms with van der Waals surface area (Å²) in [5.74, 6) is 0. The van der Waals surface area contributed by atoms with Gasteiger partial charge >= 0.3 is 0 Å². The maximum Gasteiger partial charge on any atom is 0.242 e. The molecule has 6 heteroatoms. The molecule has 0 aliphatic carbocycles. The van der Waals surface area contributed by atoms with E-state index >= 15 is 0 Å². The first kappa shape index (κ1) is 15.4. The first-order valence-electron chi connectivity index (χ1n) is 5.77. The number of aliphatic hydroxyl groups is 1. The van der Waals surface area contributed by atoms with Crippen molar-refractivity contribution in [2.45, 2.75) is 37.6 Å². The van der Waals surface area contributed by atoms with E-state index in [0.717, 1.165) is 5.56 Å². The van der Waals surface area contributed by atoms with E-state index in [1.165, 1.54) is 6.07 Å². The lowest BCUT2D eigenvalue weighted by molar-refractivity contribution is 0.279. The average molecular weight is 292 g/mol. The van der Waals surface area contributed by atoms with Crippen LogP contribution in [-0.4, -0.2) is 26.2 Å². The normalized spacial score (nSPS) is 13.6. The minimum atomic E-state index is -3.61. The third kappa shape index (κ3) is 3.95. The maximum atomic E-state index is 12.1. The zero-order valence-corrected chi connectivity index (χ0v) is 12.1. The third-order valence-electron chi connectivity index (χ3n) is 2.60. The molecule has 0 bridgehead atoms. The third-order valence-corrected chi connectivity index (χ3v) is 4.84. The number of halogens is 1. The van der Waals surface area contributed by atoms with Crippen LogP contribution in [0.15, 0.2) is 23.1 Å². The molecule has 0 aliphatic rings. The lowest BCUT2D eigenvalue weighted by atomic mass is 10.2. The molecule has 18 heavy (non-hydrogen) atoms. The molecular weight excluding hydrogens is 274 g/mol. The molecule has 0 aromatic heterocycles. The molecule has 0 amide bonds. The Kier molecular flexibility index (Phi) is 5.59. The van der Waals surface area contributed by atoms with Crippen molar-refractivity contribution in [1.29, 1.82) is 0 Å². The predicted molar refractivity (Wildman–Crippen MR) is 72.3 cm³/mol. The molecule has 102 valence electrons. The summed E-state index contributed by atoms with van der Waals surface area (Å²) in [6, 6.07) is 4.67. The molecule has 0 spiro atoms. The van der Waals surface area contributed by atoms with Gasteiger partial charge < -0.3 is 5.11 Å². The van der Waals surface area contributed by atoms with Crippen LogP contribution in [0.5, 0.6) is 0 Å². The van der Waals surface area contributed by atoms with Gasteiger partial charge in [0, 0.05) is 12.6 Å². The molecule has 0 aliphatic heterocycles. The van der Waals surface area contributed by atoms with Gasteiger partial charge in [0.2, 0.25) is 10.0 Å². The van der Waals surface area contributed by atoms with Crippen molar-refractivity contribution in [3.05, 3.63) is 28.8 Å². The second-order valence-corrected chi connectivity index (χ2v) is 6.34. The van der Waals surface area contributed by atoms with E-state index in [1.54, 1.807) is 26.0 Å². The summed E-state index contributed by atoms with van der Waals surface area (Å²) in [5, 5.41) is 8.96. The average Bonchev–Trinajstić information content (AvgIpc) is 2.29. The van der Waals surface area contributed by atoms with Crippen molar-refractivity contribution < 1.29 is 13.5 Å². The SMILES string of the molecule is Cc1cccc(S(=O)(=O)NC(C)CCCO)c1Cl. The van der Waals surface area contributed by atoms with Crippen molar-refractivity contribution in [2.24, 2.45) is 0 Å². The zero-order valence-electron chi connectivity index (χ0n) is 10.5. The van der Waals surface area contributed by atoms with Crippen LogP contribution in [0.1, 0.15) is 25.3 Å². The number of aliphatic hydroxyl groups excluding tert-OH is 1. The molecule has 0 heterocycles. The Bertz CT molecular complexity index is 502. The number of aryl methyl sites for hydroxylation is 1. The van der Waals surface area contributed by atoms with Crippen LogP contribution in [0.2, 0.25) is 5.02 Å². The van der Waals surface area contributed by atoms with Gasteiger partial charge in [-0.3, -0.25) is 0 Å². The number of sulfonamides is 1. The van der Waals surface area contributed by atoms with Crippen LogP contribution >= 0.6 is 11.6 Å². The molecule has 0 saturated heterocycles. The first-order chi connectivity index (χ1) is 8.38. The van der Waals surface area contributed by atoms with E-state index in [9.17, 15) is 8.42 Å². The van der Waals surface area contributed by atoms with Gasteiger partial charge in [0.25, 0.3) is 0 Å². The fourth-order valence-corrected chi connectivity index (χ4v) is 3.47. The number of hydrogen-bond donors (Lipinski definition) is 2. The Morgan fingerprint density at radius 1 is 1.44 bits per heavy atom. The molecule has 4 nitrogen and oxygen atoms in total. The second-order valence-electron chi connectivity index (χ2n) is 4.28. The van der Waals surface area contributed by atoms with Crippen LogP contribution < -0.4 is 4.72 Å². The first-order valence-corrected chi connectivity index (χ1v) is 7.63. The molecule has 1 aromatic rings. The van der Waals surface area contributed by atoms with Gasteiger partial charge in [-0.2, -0.15) is 0 Å². The predicted octanol–water partition coefficient (Wildman–Crippen LogP) is 2.09. The van der Waals surface area contributed by atoms with E-state index in [1.807, 2.05) is 0 Å². The molecule has 2 N–H and O–H groups in total. The minimum absolute atomic E-state index is 0.0528. The monoisotopic (exact) mass is 291 g/mol. The Hall–Kier alpha value is -0.620. The highest BCUT2D eigenvalue weighted by molar-refractivity contribution is 7.89. The van der Waals surface area contributed by atoms with Gasteiger partial charge in [0.1, 0.15) is 4.90 Å². The molecule has 0 fully saturated rings. The highest BCUT2D eigenvalue weighted by Crippen LogP contribution is 2.24. The molecule has 0 radical (unpaired) electrons. The van der Waals surface area contributed by atoms with Crippen LogP contribution in [-0.2, 0) is 10.0 Å². The highest BCUT2D eigenvalue weighted by Gasteiger charge is 2.20. The minimum Gasteiger partial charge on any atom is -0.396 e. The molecule has 1 aromatic carbocycles. The van der Waals surface area contributed by atoms with E-state index in [2.05, 4.69) is 4.72 Å². The van der Waals surface area contributed by atoms with Crippen molar-refractivity contribution in [3.63, 3.8) is 0 Å². The van der Waals surface area contributed by atoms with Crippen molar-refractivity contribution in [2.75, 3.05) is 6.61 Å². The Balaban J connectivity index is 2.90. The van der Waals surface area contributed by atoms with Crippen LogP contribution in [0.25, 0.3) is 0 Å². The smallest absolute Gasteiger partial charge is 0.242 e. The molecule has 1 atom stereocenters. The lowest BCUT2D eigenvalue weighted by Crippen LogP contribution is -2.33. The standard InChI is InChI=1S/C12H18ClNO3S/c1-9-5-3-7-11(12(9)13)18(16,17)14-10(2)6-4-8-15/h3,5,7,10,14-15H,4,6,8H2,1-2H3. The van der Waals surface area contributed by atoms with Gasteiger partial charge in [0.15, 0.2) is 0 Å². The van der Waals surface area contributed by atoms with E-state index in [-0.39, 0.29) is 22.6 Å². The Morgan fingerprint density at radius 2 is 2.11 bits per heavy atom. The van der Waals surface area contributed by atoms with Crippen LogP contribution in [0, 0.1) is 6.92 Å². The molecule has 1 rings (SSSR count). The van der Waals surface area contributed by atoms with E-state index < -0.39 is 10.0 Å². The summed E-state index contributed by atoms with van der Waals surface area (Å²) in [5.41, 5.74) is 0.725. The Morgan fingerprint density at radius 3 is 2.72 bits per heavy atom. The van der Waals surface area contributed by atoms with E-state index in [0.29, 0.717) is 12.8 Å². The van der Waals surface area contributed by atoms with E-state index in [4.69, 9.17) is 16.7 Å². The maximum absolute atomic E-state index is 12.1. The number of rotatable bonds is 6. The summed E-state index contributed by atoms with van der Waals surface area (Å²) in [4.78, 5) is 0.0972. The molecular formula is C12H18ClNO3S. The lowest BCUT2D eigenvalue weighted by Gasteiger charge is -2.15. The van der Waals surface area contributed by atoms with Crippen LogP contribution in [0.4, 0.5) is 0 Å². The summed E-state index contributed by atoms with van der Waals surface area (Å²) in [6.07, 6.45) is 1.14. The number of benzene rings is 1. The number of nitrogens with one attached hydrogen (secondary N) is 1. The van der Waals surface area contributed by atoms with Crippen molar-refractivity contribution in [3.8, 4) is 0 Å². The Labute approximate surface area is 113 Å². The van der Waals surface area contributed by atoms with Gasteiger partial charge in [-0.15, -0.1) is 0 Å². The summed E-state index contributed by atoms with van der Waals surface area (Å²) >= 11 is 6.01. The fraction of sp³-hybridized carbons (Fsp3) is 0.500. The molecule has 0 saturated carbocycles. The fourth-order valence-electron chi connectivity index (χ4n) is 1.61. The van der Waals surface area contributed by atoms with Gasteiger partial charge in [-0.05, 0) is 38.3 Å². The van der Waals surface area contributed by atoms with Gasteiger partial charge in [-0.1, -0.05) is 23.7 Å². The summed E-state index contributed by atoms with van der Waals surface area (Å²) in [7, 11) is -3.61. The van der Waals surface area contributed by atoms with Crippen LogP contribution in [0.3, 0.4) is 0 Å². The topological polar surface area (TPSA) is 66.4 Å². The quantitative estimate of drug-likeness (QED) is 0.843. The van der Waals surface area contributed by atoms with Crippen molar-refractivity contribution >= 4 is 21.6 Å².